The molecule has 0 radical (unpaired) electrons. The van der Waals surface area contributed by atoms with Crippen molar-refractivity contribution < 1.29 is 9.94 Å². The lowest BCUT2D eigenvalue weighted by molar-refractivity contribution is 0.318. The topological polar surface area (TPSA) is 106 Å². The van der Waals surface area contributed by atoms with Gasteiger partial charge in [0.2, 0.25) is 5.88 Å². The number of nitrogens with two attached hydrogens (primary N) is 1. The Labute approximate surface area is 122 Å². The van der Waals surface area contributed by atoms with Gasteiger partial charge in [0, 0.05) is 31.5 Å². The van der Waals surface area contributed by atoms with Gasteiger partial charge in [-0.15, -0.1) is 0 Å². The molecule has 0 saturated heterocycles. The third kappa shape index (κ3) is 3.90. The van der Waals surface area contributed by atoms with Crippen LogP contribution in [0.25, 0.3) is 0 Å². The summed E-state index contributed by atoms with van der Waals surface area (Å²) >= 11 is 0. The lowest BCUT2D eigenvalue weighted by Gasteiger charge is -2.09. The van der Waals surface area contributed by atoms with Crippen LogP contribution in [0.2, 0.25) is 0 Å². The van der Waals surface area contributed by atoms with E-state index in [9.17, 15) is 0 Å². The maximum Gasteiger partial charge on any atom is 0.213 e. The van der Waals surface area contributed by atoms with Gasteiger partial charge in [-0.1, -0.05) is 11.2 Å². The van der Waals surface area contributed by atoms with E-state index in [4.69, 9.17) is 15.7 Å². The smallest absolute Gasteiger partial charge is 0.213 e. The number of ether oxygens (including phenoxy) is 1. The van der Waals surface area contributed by atoms with Crippen LogP contribution in [0, 0.1) is 0 Å². The molecule has 0 aliphatic carbocycles. The molecule has 0 aromatic carbocycles. The lowest BCUT2D eigenvalue weighted by Crippen LogP contribution is -2.21. The van der Waals surface area contributed by atoms with Crippen LogP contribution in [-0.2, 0) is 13.1 Å². The highest BCUT2D eigenvalue weighted by Crippen LogP contribution is 2.09. The van der Waals surface area contributed by atoms with Crippen molar-refractivity contribution in [3.8, 4) is 5.88 Å². The van der Waals surface area contributed by atoms with Crippen LogP contribution in [0.3, 0.4) is 0 Å². The van der Waals surface area contributed by atoms with Crippen molar-refractivity contribution in [2.75, 3.05) is 7.11 Å². The van der Waals surface area contributed by atoms with Crippen LogP contribution in [0.15, 0.2) is 41.8 Å². The van der Waals surface area contributed by atoms with Gasteiger partial charge in [-0.2, -0.15) is 0 Å². The zero-order valence-electron chi connectivity index (χ0n) is 11.7. The molecule has 2 aromatic heterocycles. The van der Waals surface area contributed by atoms with Crippen LogP contribution >= 0.6 is 0 Å². The highest BCUT2D eigenvalue weighted by atomic mass is 16.5. The van der Waals surface area contributed by atoms with Gasteiger partial charge in [-0.05, 0) is 23.3 Å². The number of nitrogens with one attached hydrogen (secondary N) is 1. The third-order valence-corrected chi connectivity index (χ3v) is 2.89. The van der Waals surface area contributed by atoms with E-state index in [1.807, 2.05) is 18.2 Å². The van der Waals surface area contributed by atoms with Gasteiger partial charge in [0.25, 0.3) is 0 Å². The van der Waals surface area contributed by atoms with E-state index in [-0.39, 0.29) is 5.84 Å². The zero-order chi connectivity index (χ0) is 15.1. The minimum Gasteiger partial charge on any atom is -0.481 e. The van der Waals surface area contributed by atoms with Crippen LogP contribution in [0.1, 0.15) is 16.8 Å². The summed E-state index contributed by atoms with van der Waals surface area (Å²) in [6.07, 6.45) is 3.30. The van der Waals surface area contributed by atoms with Crippen molar-refractivity contribution in [2.45, 2.75) is 13.1 Å². The molecule has 7 heteroatoms. The molecule has 110 valence electrons. The van der Waals surface area contributed by atoms with Gasteiger partial charge in [0.15, 0.2) is 5.84 Å². The molecule has 21 heavy (non-hydrogen) atoms. The average Bonchev–Trinajstić information content (AvgIpc) is 2.55. The van der Waals surface area contributed by atoms with Crippen LogP contribution in [-0.4, -0.2) is 28.1 Å². The van der Waals surface area contributed by atoms with E-state index >= 15 is 0 Å². The van der Waals surface area contributed by atoms with Crippen LogP contribution in [0.4, 0.5) is 0 Å². The molecule has 2 aromatic rings. The number of rotatable bonds is 6. The first-order chi connectivity index (χ1) is 10.2. The van der Waals surface area contributed by atoms with E-state index < -0.39 is 0 Å². The van der Waals surface area contributed by atoms with Crippen LogP contribution in [0.5, 0.6) is 5.88 Å². The number of pyridine rings is 2. The number of aromatic nitrogens is 2. The van der Waals surface area contributed by atoms with Crippen molar-refractivity contribution in [1.82, 2.24) is 15.3 Å². The summed E-state index contributed by atoms with van der Waals surface area (Å²) in [4.78, 5) is 8.17. The minimum absolute atomic E-state index is 0.00187. The second kappa shape index (κ2) is 7.20. The maximum absolute atomic E-state index is 8.76. The van der Waals surface area contributed by atoms with Crippen molar-refractivity contribution in [3.05, 3.63) is 53.5 Å². The monoisotopic (exact) mass is 287 g/mol. The van der Waals surface area contributed by atoms with Crippen molar-refractivity contribution in [2.24, 2.45) is 10.9 Å². The fourth-order valence-electron chi connectivity index (χ4n) is 1.87. The Hall–Kier alpha value is -2.67. The van der Waals surface area contributed by atoms with Gasteiger partial charge in [-0.25, -0.2) is 4.98 Å². The number of oxime groups is 1. The van der Waals surface area contributed by atoms with E-state index in [0.29, 0.717) is 24.7 Å². The molecule has 0 fully saturated rings. The molecule has 0 aliphatic heterocycles. The van der Waals surface area contributed by atoms with Crippen molar-refractivity contribution in [3.63, 3.8) is 0 Å². The summed E-state index contributed by atoms with van der Waals surface area (Å²) in [7, 11) is 1.58. The first-order valence-electron chi connectivity index (χ1n) is 6.36. The summed E-state index contributed by atoms with van der Waals surface area (Å²) in [5.41, 5.74) is 7.98. The van der Waals surface area contributed by atoms with Crippen molar-refractivity contribution in [1.29, 1.82) is 0 Å². The van der Waals surface area contributed by atoms with E-state index in [1.54, 1.807) is 25.6 Å². The second-order valence-electron chi connectivity index (χ2n) is 4.31. The molecular weight excluding hydrogens is 270 g/mol. The fourth-order valence-corrected chi connectivity index (χ4v) is 1.87. The highest BCUT2D eigenvalue weighted by Gasteiger charge is 2.07. The van der Waals surface area contributed by atoms with E-state index in [0.717, 1.165) is 11.1 Å². The quantitative estimate of drug-likeness (QED) is 0.315. The molecule has 0 bridgehead atoms. The normalized spacial score (nSPS) is 11.4. The minimum atomic E-state index is -0.00187. The Bertz CT molecular complexity index is 630. The summed E-state index contributed by atoms with van der Waals surface area (Å²) in [5.74, 6) is 0.575. The molecule has 7 nitrogen and oxygen atoms in total. The van der Waals surface area contributed by atoms with Gasteiger partial charge < -0.3 is 21.0 Å². The van der Waals surface area contributed by atoms with Gasteiger partial charge in [0.05, 0.1) is 7.11 Å². The largest absolute Gasteiger partial charge is 0.481 e. The molecule has 0 spiro atoms. The Morgan fingerprint density at radius 1 is 1.33 bits per heavy atom. The zero-order valence-corrected chi connectivity index (χ0v) is 11.7. The number of amidine groups is 1. The summed E-state index contributed by atoms with van der Waals surface area (Å²) in [5, 5.41) is 15.0. The second-order valence-corrected chi connectivity index (χ2v) is 4.31. The first kappa shape index (κ1) is 14.7. The molecule has 0 unspecified atom stereocenters. The molecule has 4 N–H and O–H groups in total. The summed E-state index contributed by atoms with van der Waals surface area (Å²) < 4.78 is 5.08. The lowest BCUT2D eigenvalue weighted by atomic mass is 10.1. The van der Waals surface area contributed by atoms with Gasteiger partial charge in [0.1, 0.15) is 5.69 Å². The molecule has 2 heterocycles. The SMILES string of the molecule is COc1cc(CNCc2cccnc2C(N)=NO)ccn1. The van der Waals surface area contributed by atoms with E-state index in [2.05, 4.69) is 20.4 Å². The fraction of sp³-hybridized carbons (Fsp3) is 0.214. The standard InChI is InChI=1S/C14H17N5O2/c1-21-12-7-10(4-6-17-12)8-16-9-11-3-2-5-18-13(11)14(15)19-20/h2-7,16,20H,8-9H2,1H3,(H2,15,19). The van der Waals surface area contributed by atoms with Gasteiger partial charge in [-0.3, -0.25) is 4.98 Å². The average molecular weight is 287 g/mol. The number of hydrogen-bond donors (Lipinski definition) is 3. The predicted molar refractivity (Wildman–Crippen MR) is 78.1 cm³/mol. The number of methoxy groups -OCH3 is 1. The number of hydrogen-bond acceptors (Lipinski definition) is 6. The van der Waals surface area contributed by atoms with E-state index in [1.165, 1.54) is 0 Å². The molecule has 0 saturated carbocycles. The Morgan fingerprint density at radius 3 is 2.95 bits per heavy atom. The predicted octanol–water partition coefficient (Wildman–Crippen LogP) is 0.869. The third-order valence-electron chi connectivity index (χ3n) is 2.89. The van der Waals surface area contributed by atoms with Crippen LogP contribution < -0.4 is 15.8 Å². The summed E-state index contributed by atoms with van der Waals surface area (Å²) in [6.45, 7) is 1.19. The molecular formula is C14H17N5O2. The van der Waals surface area contributed by atoms with Crippen molar-refractivity contribution >= 4 is 5.84 Å². The molecule has 0 aliphatic rings. The Balaban J connectivity index is 2.00. The van der Waals surface area contributed by atoms with Gasteiger partial charge >= 0.3 is 0 Å². The summed E-state index contributed by atoms with van der Waals surface area (Å²) in [6, 6.07) is 7.45. The molecule has 0 atom stereocenters. The maximum atomic E-state index is 8.76. The molecule has 0 amide bonds. The highest BCUT2D eigenvalue weighted by molar-refractivity contribution is 5.96. The number of nitrogens with zero attached hydrogens (tertiary/aromatic N) is 3. The Morgan fingerprint density at radius 2 is 2.19 bits per heavy atom. The first-order valence-corrected chi connectivity index (χ1v) is 6.36. The molecule has 2 rings (SSSR count). The Kier molecular flexibility index (Phi) is 5.05.